The van der Waals surface area contributed by atoms with Gasteiger partial charge in [0.15, 0.2) is 5.69 Å². The van der Waals surface area contributed by atoms with Crippen molar-refractivity contribution in [2.45, 2.75) is 31.9 Å². The molecule has 1 unspecified atom stereocenters. The second-order valence-corrected chi connectivity index (χ2v) is 7.42. The van der Waals surface area contributed by atoms with Crippen LogP contribution in [-0.4, -0.2) is 47.0 Å². The molecule has 0 saturated carbocycles. The Hall–Kier alpha value is -3.67. The molecule has 5 heterocycles. The number of carbonyl (C=O) groups excluding carboxylic acids is 1. The molecule has 9 nitrogen and oxygen atoms in total. The molecule has 2 N–H and O–H groups in total. The van der Waals surface area contributed by atoms with Crippen LogP contribution in [0.25, 0.3) is 5.52 Å². The Bertz CT molecular complexity index is 1310. The lowest BCUT2D eigenvalue weighted by atomic mass is 9.99. The van der Waals surface area contributed by atoms with E-state index in [-0.39, 0.29) is 18.0 Å². The first kappa shape index (κ1) is 20.2. The number of hydrogen-bond donors (Lipinski definition) is 2. The van der Waals surface area contributed by atoms with Crippen molar-refractivity contribution in [3.63, 3.8) is 0 Å². The van der Waals surface area contributed by atoms with Crippen LogP contribution in [0.5, 0.6) is 0 Å². The SMILES string of the molecule is CC(O)c1nc(C(F)F)c(C(=O)N2CCc3[nH]cnc3[C@H]2c2cc3c(F)cccn3n2)o1. The molecule has 2 atom stereocenters. The minimum Gasteiger partial charge on any atom is -0.432 e. The van der Waals surface area contributed by atoms with Gasteiger partial charge in [0, 0.05) is 24.9 Å². The predicted octanol–water partition coefficient (Wildman–Crippen LogP) is 2.96. The summed E-state index contributed by atoms with van der Waals surface area (Å²) >= 11 is 0. The summed E-state index contributed by atoms with van der Waals surface area (Å²) in [6, 6.07) is 3.39. The summed E-state index contributed by atoms with van der Waals surface area (Å²) in [5.74, 6) is -2.39. The predicted molar refractivity (Wildman–Crippen MR) is 102 cm³/mol. The number of aromatic amines is 1. The highest BCUT2D eigenvalue weighted by Crippen LogP contribution is 2.36. The number of aromatic nitrogens is 5. The van der Waals surface area contributed by atoms with Crippen LogP contribution in [0.15, 0.2) is 35.1 Å². The van der Waals surface area contributed by atoms with Crippen LogP contribution < -0.4 is 0 Å². The van der Waals surface area contributed by atoms with Crippen LogP contribution >= 0.6 is 0 Å². The van der Waals surface area contributed by atoms with Gasteiger partial charge in [-0.15, -0.1) is 0 Å². The van der Waals surface area contributed by atoms with Crippen molar-refractivity contribution in [2.24, 2.45) is 0 Å². The summed E-state index contributed by atoms with van der Waals surface area (Å²) in [7, 11) is 0. The van der Waals surface area contributed by atoms with E-state index in [1.54, 1.807) is 6.20 Å². The molecule has 0 saturated heterocycles. The van der Waals surface area contributed by atoms with Gasteiger partial charge in [-0.3, -0.25) is 4.79 Å². The zero-order valence-electron chi connectivity index (χ0n) is 16.7. The number of pyridine rings is 1. The van der Waals surface area contributed by atoms with Crippen LogP contribution in [0.2, 0.25) is 0 Å². The normalized spacial score (nSPS) is 17.2. The van der Waals surface area contributed by atoms with E-state index in [9.17, 15) is 23.1 Å². The van der Waals surface area contributed by atoms with E-state index in [1.165, 1.54) is 40.9 Å². The van der Waals surface area contributed by atoms with Crippen LogP contribution in [0, 0.1) is 5.82 Å². The highest BCUT2D eigenvalue weighted by Gasteiger charge is 2.40. The number of amides is 1. The molecule has 4 aromatic heterocycles. The zero-order chi connectivity index (χ0) is 22.6. The van der Waals surface area contributed by atoms with Crippen molar-refractivity contribution >= 4 is 11.4 Å². The summed E-state index contributed by atoms with van der Waals surface area (Å²) in [6.07, 6.45) is -0.945. The highest BCUT2D eigenvalue weighted by molar-refractivity contribution is 5.93. The Morgan fingerprint density at radius 3 is 2.94 bits per heavy atom. The third-order valence-corrected chi connectivity index (χ3v) is 5.36. The number of nitrogens with one attached hydrogen (secondary N) is 1. The number of oxazole rings is 1. The molecule has 0 spiro atoms. The molecule has 1 aliphatic heterocycles. The molecule has 5 rings (SSSR count). The third-order valence-electron chi connectivity index (χ3n) is 5.36. The highest BCUT2D eigenvalue weighted by atomic mass is 19.3. The van der Waals surface area contributed by atoms with E-state index < -0.39 is 41.7 Å². The van der Waals surface area contributed by atoms with Gasteiger partial charge in [0.25, 0.3) is 12.3 Å². The topological polar surface area (TPSA) is 113 Å². The fourth-order valence-electron chi connectivity index (χ4n) is 3.89. The number of aliphatic hydroxyl groups excluding tert-OH is 1. The van der Waals surface area contributed by atoms with Crippen LogP contribution in [0.4, 0.5) is 13.2 Å². The van der Waals surface area contributed by atoms with Gasteiger partial charge in [-0.1, -0.05) is 0 Å². The summed E-state index contributed by atoms with van der Waals surface area (Å²) in [6.45, 7) is 1.43. The Morgan fingerprint density at radius 2 is 2.22 bits per heavy atom. The molecular weight excluding hydrogens is 429 g/mol. The number of aliphatic hydroxyl groups is 1. The maximum atomic E-state index is 14.3. The largest absolute Gasteiger partial charge is 0.432 e. The van der Waals surface area contributed by atoms with Gasteiger partial charge >= 0.3 is 0 Å². The molecule has 4 aromatic rings. The van der Waals surface area contributed by atoms with Crippen LogP contribution in [-0.2, 0) is 6.42 Å². The smallest absolute Gasteiger partial charge is 0.292 e. The monoisotopic (exact) mass is 446 g/mol. The minimum absolute atomic E-state index is 0.141. The van der Waals surface area contributed by atoms with Gasteiger partial charge in [0.05, 0.1) is 17.7 Å². The maximum absolute atomic E-state index is 14.3. The van der Waals surface area contributed by atoms with Gasteiger partial charge < -0.3 is 19.4 Å². The Kier molecular flexibility index (Phi) is 4.73. The number of nitrogens with zero attached hydrogens (tertiary/aromatic N) is 5. The van der Waals surface area contributed by atoms with Crippen LogP contribution in [0.3, 0.4) is 0 Å². The first-order chi connectivity index (χ1) is 15.3. The molecule has 0 aliphatic carbocycles. The number of halogens is 3. The van der Waals surface area contributed by atoms with Gasteiger partial charge in [0.1, 0.15) is 23.5 Å². The van der Waals surface area contributed by atoms with Crippen molar-refractivity contribution in [2.75, 3.05) is 6.54 Å². The van der Waals surface area contributed by atoms with Gasteiger partial charge in [0.2, 0.25) is 11.7 Å². The molecule has 0 radical (unpaired) electrons. The Morgan fingerprint density at radius 1 is 1.41 bits per heavy atom. The average Bonchev–Trinajstić information content (AvgIpc) is 3.49. The molecule has 12 heteroatoms. The van der Waals surface area contributed by atoms with Crippen molar-refractivity contribution in [3.8, 4) is 0 Å². The molecule has 0 fully saturated rings. The molecular formula is C20H17F3N6O3. The van der Waals surface area contributed by atoms with E-state index in [4.69, 9.17) is 4.42 Å². The number of carbonyl (C=O) groups is 1. The zero-order valence-corrected chi connectivity index (χ0v) is 16.7. The number of fused-ring (bicyclic) bond motifs is 2. The number of H-pyrrole nitrogens is 1. The van der Waals surface area contributed by atoms with E-state index in [0.717, 1.165) is 5.69 Å². The maximum Gasteiger partial charge on any atom is 0.292 e. The Balaban J connectivity index is 1.63. The standard InChI is InChI=1S/C20H17F3N6O3/c1-9(30)19-26-15(18(22)23)17(32-19)20(31)28-6-4-11-14(25-8-24-11)16(28)12-7-13-10(21)3-2-5-29(13)27-12/h2-3,5,7-9,16,18,30H,4,6H2,1H3,(H,24,25)/t9?,16-/m1/s1. The molecule has 1 amide bonds. The van der Waals surface area contributed by atoms with Crippen LogP contribution in [0.1, 0.15) is 64.7 Å². The summed E-state index contributed by atoms with van der Waals surface area (Å²) < 4.78 is 48.0. The first-order valence-corrected chi connectivity index (χ1v) is 9.79. The quantitative estimate of drug-likeness (QED) is 0.499. The first-order valence-electron chi connectivity index (χ1n) is 9.79. The molecule has 1 aliphatic rings. The second-order valence-electron chi connectivity index (χ2n) is 7.42. The number of imidazole rings is 1. The van der Waals surface area contributed by atoms with Crippen molar-refractivity contribution < 1.29 is 27.5 Å². The van der Waals surface area contributed by atoms with E-state index in [2.05, 4.69) is 20.1 Å². The number of rotatable bonds is 4. The van der Waals surface area contributed by atoms with Gasteiger partial charge in [-0.05, 0) is 25.1 Å². The fourth-order valence-corrected chi connectivity index (χ4v) is 3.89. The van der Waals surface area contributed by atoms with Crippen molar-refractivity contribution in [1.29, 1.82) is 0 Å². The fraction of sp³-hybridized carbons (Fsp3) is 0.300. The lowest BCUT2D eigenvalue weighted by molar-refractivity contribution is 0.0631. The molecule has 0 bridgehead atoms. The minimum atomic E-state index is -3.08. The lowest BCUT2D eigenvalue weighted by Crippen LogP contribution is -2.41. The molecule has 32 heavy (non-hydrogen) atoms. The number of alkyl halides is 2. The van der Waals surface area contributed by atoms with Gasteiger partial charge in [-0.25, -0.2) is 27.7 Å². The van der Waals surface area contributed by atoms with E-state index in [1.807, 2.05) is 0 Å². The lowest BCUT2D eigenvalue weighted by Gasteiger charge is -2.33. The second kappa shape index (κ2) is 7.48. The third kappa shape index (κ3) is 3.14. The Labute approximate surface area is 178 Å². The molecule has 166 valence electrons. The molecule has 0 aromatic carbocycles. The van der Waals surface area contributed by atoms with E-state index >= 15 is 0 Å². The average molecular weight is 446 g/mol. The number of hydrogen-bond acceptors (Lipinski definition) is 6. The van der Waals surface area contributed by atoms with Crippen molar-refractivity contribution in [1.82, 2.24) is 29.5 Å². The van der Waals surface area contributed by atoms with E-state index in [0.29, 0.717) is 17.8 Å². The summed E-state index contributed by atoms with van der Waals surface area (Å²) in [4.78, 5) is 25.6. The van der Waals surface area contributed by atoms with Gasteiger partial charge in [-0.2, -0.15) is 5.10 Å². The summed E-state index contributed by atoms with van der Waals surface area (Å²) in [5.41, 5.74) is 0.890. The summed E-state index contributed by atoms with van der Waals surface area (Å²) in [5, 5.41) is 14.1. The van der Waals surface area contributed by atoms with Crippen molar-refractivity contribution in [3.05, 3.63) is 71.0 Å².